The molecule has 0 unspecified atom stereocenters. The largest absolute Gasteiger partial charge is 0.273 e. The molecule has 1 aromatic rings. The van der Waals surface area contributed by atoms with Crippen LogP contribution in [0.2, 0.25) is 0 Å². The van der Waals surface area contributed by atoms with Crippen LogP contribution in [0.4, 0.5) is 0 Å². The van der Waals surface area contributed by atoms with Gasteiger partial charge in [0.25, 0.3) is 0 Å². The minimum atomic E-state index is -0.0594. The molecule has 0 bridgehead atoms. The van der Waals surface area contributed by atoms with E-state index in [0.29, 0.717) is 0 Å². The fourth-order valence-corrected chi connectivity index (χ4v) is 1.68. The van der Waals surface area contributed by atoms with Crippen LogP contribution < -0.4 is 5.43 Å². The number of nitrogens with zero attached hydrogens (tertiary/aromatic N) is 1. The molecule has 0 atom stereocenters. The zero-order valence-electron chi connectivity index (χ0n) is 12.1. The molecule has 3 heteroatoms. The highest BCUT2D eigenvalue weighted by Crippen LogP contribution is 2.16. The molecule has 0 saturated carbocycles. The number of hydrazone groups is 1. The molecule has 0 heterocycles. The van der Waals surface area contributed by atoms with E-state index >= 15 is 0 Å². The van der Waals surface area contributed by atoms with E-state index in [1.807, 2.05) is 20.8 Å². The zero-order chi connectivity index (χ0) is 13.9. The Bertz CT molecular complexity index is 488. The molecular weight excluding hydrogens is 224 g/mol. The summed E-state index contributed by atoms with van der Waals surface area (Å²) in [6.45, 7) is 11.9. The van der Waals surface area contributed by atoms with Crippen LogP contribution in [0.5, 0.6) is 0 Å². The molecule has 0 aliphatic rings. The molecule has 3 nitrogen and oxygen atoms in total. The molecule has 1 rings (SSSR count). The van der Waals surface area contributed by atoms with Gasteiger partial charge in [0.05, 0.1) is 5.71 Å². The molecular formula is C15H22N2O. The van der Waals surface area contributed by atoms with Crippen LogP contribution in [-0.2, 0) is 4.79 Å². The average Bonchev–Trinajstić information content (AvgIpc) is 2.30. The Kier molecular flexibility index (Phi) is 4.65. The number of nitrogens with one attached hydrogen (secondary N) is 1. The van der Waals surface area contributed by atoms with Crippen molar-refractivity contribution in [3.8, 4) is 0 Å². The van der Waals surface area contributed by atoms with Crippen LogP contribution in [0.1, 0.15) is 43.0 Å². The predicted octanol–water partition coefficient (Wildman–Crippen LogP) is 3.11. The van der Waals surface area contributed by atoms with Crippen LogP contribution in [0.25, 0.3) is 0 Å². The number of benzene rings is 1. The van der Waals surface area contributed by atoms with Gasteiger partial charge in [-0.05, 0) is 50.5 Å². The topological polar surface area (TPSA) is 41.5 Å². The zero-order valence-corrected chi connectivity index (χ0v) is 12.1. The molecule has 1 aromatic carbocycles. The summed E-state index contributed by atoms with van der Waals surface area (Å²) >= 11 is 0. The van der Waals surface area contributed by atoms with E-state index in [0.717, 1.165) is 11.3 Å². The summed E-state index contributed by atoms with van der Waals surface area (Å²) in [6.07, 6.45) is 0. The first-order valence-electron chi connectivity index (χ1n) is 6.25. The van der Waals surface area contributed by atoms with E-state index in [4.69, 9.17) is 0 Å². The smallest absolute Gasteiger partial charge is 0.242 e. The van der Waals surface area contributed by atoms with E-state index < -0.39 is 0 Å². The fourth-order valence-electron chi connectivity index (χ4n) is 1.68. The summed E-state index contributed by atoms with van der Waals surface area (Å²) in [5, 5.41) is 4.16. The van der Waals surface area contributed by atoms with E-state index in [1.165, 1.54) is 16.7 Å². The molecule has 0 aliphatic heterocycles. The van der Waals surface area contributed by atoms with Gasteiger partial charge >= 0.3 is 0 Å². The van der Waals surface area contributed by atoms with Gasteiger partial charge in [0, 0.05) is 11.5 Å². The first-order valence-corrected chi connectivity index (χ1v) is 6.25. The maximum absolute atomic E-state index is 11.5. The summed E-state index contributed by atoms with van der Waals surface area (Å²) in [5.41, 5.74) is 8.20. The van der Waals surface area contributed by atoms with Crippen LogP contribution in [-0.4, -0.2) is 11.6 Å². The molecule has 0 aromatic heterocycles. The monoisotopic (exact) mass is 246 g/mol. The lowest BCUT2D eigenvalue weighted by Gasteiger charge is -2.10. The van der Waals surface area contributed by atoms with Gasteiger partial charge in [-0.1, -0.05) is 19.9 Å². The summed E-state index contributed by atoms with van der Waals surface area (Å²) in [6, 6.07) is 4.26. The standard InChI is InChI=1S/C15H22N2O/c1-9(2)15(18)17-16-13(6)14-8-11(4)10(3)7-12(14)5/h7-9H,1-6H3,(H,17,18)/b16-13-. The minimum Gasteiger partial charge on any atom is -0.273 e. The second kappa shape index (κ2) is 5.80. The SMILES string of the molecule is C/C(=N/NC(=O)C(C)C)c1cc(C)c(C)cc1C. The van der Waals surface area contributed by atoms with Crippen molar-refractivity contribution in [1.29, 1.82) is 0 Å². The highest BCUT2D eigenvalue weighted by molar-refractivity contribution is 6.00. The highest BCUT2D eigenvalue weighted by atomic mass is 16.2. The van der Waals surface area contributed by atoms with Gasteiger partial charge in [-0.25, -0.2) is 5.43 Å². The molecule has 0 saturated heterocycles. The van der Waals surface area contributed by atoms with E-state index in [9.17, 15) is 4.79 Å². The third-order valence-corrected chi connectivity index (χ3v) is 3.09. The maximum atomic E-state index is 11.5. The Morgan fingerprint density at radius 2 is 1.67 bits per heavy atom. The van der Waals surface area contributed by atoms with Crippen LogP contribution >= 0.6 is 0 Å². The van der Waals surface area contributed by atoms with E-state index in [1.54, 1.807) is 0 Å². The van der Waals surface area contributed by atoms with Crippen molar-refractivity contribution in [1.82, 2.24) is 5.43 Å². The first kappa shape index (κ1) is 14.4. The first-order chi connectivity index (χ1) is 8.32. The van der Waals surface area contributed by atoms with Crippen LogP contribution in [0.15, 0.2) is 17.2 Å². The summed E-state index contributed by atoms with van der Waals surface area (Å²) in [4.78, 5) is 11.5. The molecule has 98 valence electrons. The lowest BCUT2D eigenvalue weighted by atomic mass is 9.98. The quantitative estimate of drug-likeness (QED) is 0.646. The van der Waals surface area contributed by atoms with Crippen LogP contribution in [0.3, 0.4) is 0 Å². The van der Waals surface area contributed by atoms with Crippen molar-refractivity contribution in [2.45, 2.75) is 41.5 Å². The Morgan fingerprint density at radius 3 is 2.22 bits per heavy atom. The number of hydrogen-bond donors (Lipinski definition) is 1. The van der Waals surface area contributed by atoms with Gasteiger partial charge in [0.1, 0.15) is 0 Å². The number of carbonyl (C=O) groups excluding carboxylic acids is 1. The molecule has 0 fully saturated rings. The number of hydrogen-bond acceptors (Lipinski definition) is 2. The molecule has 18 heavy (non-hydrogen) atoms. The summed E-state index contributed by atoms with van der Waals surface area (Å²) in [7, 11) is 0. The molecule has 1 amide bonds. The molecule has 1 N–H and O–H groups in total. The molecule has 0 aliphatic carbocycles. The summed E-state index contributed by atoms with van der Waals surface area (Å²) in [5.74, 6) is -0.113. The van der Waals surface area contributed by atoms with Gasteiger partial charge in [0.2, 0.25) is 5.91 Å². The molecule has 0 spiro atoms. The van der Waals surface area contributed by atoms with Gasteiger partial charge < -0.3 is 0 Å². The predicted molar refractivity (Wildman–Crippen MR) is 75.8 cm³/mol. The Morgan fingerprint density at radius 1 is 1.11 bits per heavy atom. The van der Waals surface area contributed by atoms with Crippen molar-refractivity contribution in [3.63, 3.8) is 0 Å². The fraction of sp³-hybridized carbons (Fsp3) is 0.467. The van der Waals surface area contributed by atoms with Gasteiger partial charge in [0.15, 0.2) is 0 Å². The van der Waals surface area contributed by atoms with Crippen molar-refractivity contribution in [3.05, 3.63) is 34.4 Å². The van der Waals surface area contributed by atoms with Crippen molar-refractivity contribution < 1.29 is 4.79 Å². The van der Waals surface area contributed by atoms with E-state index in [2.05, 4.69) is 43.4 Å². The van der Waals surface area contributed by atoms with Crippen molar-refractivity contribution in [2.75, 3.05) is 0 Å². The van der Waals surface area contributed by atoms with E-state index in [-0.39, 0.29) is 11.8 Å². The van der Waals surface area contributed by atoms with Gasteiger partial charge in [-0.3, -0.25) is 4.79 Å². The number of aryl methyl sites for hydroxylation is 3. The average molecular weight is 246 g/mol. The van der Waals surface area contributed by atoms with Gasteiger partial charge in [-0.15, -0.1) is 0 Å². The Balaban J connectivity index is 2.97. The lowest BCUT2D eigenvalue weighted by Crippen LogP contribution is -2.24. The number of rotatable bonds is 3. The van der Waals surface area contributed by atoms with Crippen molar-refractivity contribution >= 4 is 11.6 Å². The van der Waals surface area contributed by atoms with Crippen molar-refractivity contribution in [2.24, 2.45) is 11.0 Å². The maximum Gasteiger partial charge on any atom is 0.242 e. The number of carbonyl (C=O) groups is 1. The minimum absolute atomic E-state index is 0.0533. The second-order valence-electron chi connectivity index (χ2n) is 5.08. The lowest BCUT2D eigenvalue weighted by molar-refractivity contribution is -0.123. The molecule has 0 radical (unpaired) electrons. The third-order valence-electron chi connectivity index (χ3n) is 3.09. The normalized spacial score (nSPS) is 11.8. The second-order valence-corrected chi connectivity index (χ2v) is 5.08. The highest BCUT2D eigenvalue weighted by Gasteiger charge is 2.07. The Labute approximate surface area is 109 Å². The van der Waals surface area contributed by atoms with Gasteiger partial charge in [-0.2, -0.15) is 5.10 Å². The number of amides is 1. The third kappa shape index (κ3) is 3.42. The Hall–Kier alpha value is -1.64. The summed E-state index contributed by atoms with van der Waals surface area (Å²) < 4.78 is 0. The van der Waals surface area contributed by atoms with Crippen LogP contribution in [0, 0.1) is 26.7 Å².